The van der Waals surface area contributed by atoms with Crippen molar-refractivity contribution in [2.45, 2.75) is 19.6 Å². The van der Waals surface area contributed by atoms with E-state index in [1.165, 1.54) is 19.1 Å². The average molecular weight is 311 g/mol. The molecule has 8 heteroatoms. The third-order valence-electron chi connectivity index (χ3n) is 2.83. The fourth-order valence-electron chi connectivity index (χ4n) is 1.78. The minimum Gasteiger partial charge on any atom is -0.347 e. The van der Waals surface area contributed by atoms with Crippen LogP contribution in [-0.4, -0.2) is 15.9 Å². The molecule has 0 saturated carbocycles. The zero-order chi connectivity index (χ0) is 16.3. The van der Waals surface area contributed by atoms with Crippen LogP contribution in [0.4, 0.5) is 13.2 Å². The summed E-state index contributed by atoms with van der Waals surface area (Å²) < 4.78 is 37.3. The monoisotopic (exact) mass is 311 g/mol. The lowest BCUT2D eigenvalue weighted by atomic mass is 10.1. The second-order valence-electron chi connectivity index (χ2n) is 4.59. The number of aryl methyl sites for hydroxylation is 1. The second-order valence-corrected chi connectivity index (χ2v) is 4.59. The van der Waals surface area contributed by atoms with Gasteiger partial charge >= 0.3 is 6.18 Å². The molecule has 1 aromatic heterocycles. The molecular formula is C14H12F3N3O2. The summed E-state index contributed by atoms with van der Waals surface area (Å²) in [4.78, 5) is 29.4. The highest BCUT2D eigenvalue weighted by atomic mass is 19.4. The van der Waals surface area contributed by atoms with Crippen molar-refractivity contribution in [1.82, 2.24) is 15.3 Å². The number of aromatic amines is 1. The molecule has 2 rings (SSSR count). The van der Waals surface area contributed by atoms with Crippen LogP contribution in [0.15, 0.2) is 35.1 Å². The van der Waals surface area contributed by atoms with Crippen molar-refractivity contribution in [2.24, 2.45) is 0 Å². The lowest BCUT2D eigenvalue weighted by Crippen LogP contribution is -2.26. The van der Waals surface area contributed by atoms with Gasteiger partial charge in [-0.1, -0.05) is 12.1 Å². The van der Waals surface area contributed by atoms with Crippen molar-refractivity contribution < 1.29 is 18.0 Å². The van der Waals surface area contributed by atoms with Crippen molar-refractivity contribution in [2.75, 3.05) is 0 Å². The van der Waals surface area contributed by atoms with Gasteiger partial charge in [-0.05, 0) is 24.6 Å². The SMILES string of the molecule is Cc1nc(C(=O)NCc2ccc(C(F)(F)F)cc2)cc(=O)[nH]1. The summed E-state index contributed by atoms with van der Waals surface area (Å²) in [5, 5.41) is 2.49. The smallest absolute Gasteiger partial charge is 0.347 e. The maximum absolute atomic E-state index is 12.4. The maximum atomic E-state index is 12.4. The van der Waals surface area contributed by atoms with Crippen LogP contribution in [-0.2, 0) is 12.7 Å². The van der Waals surface area contributed by atoms with Gasteiger partial charge in [0.2, 0.25) is 0 Å². The Bertz CT molecular complexity index is 736. The van der Waals surface area contributed by atoms with Crippen molar-refractivity contribution in [3.63, 3.8) is 0 Å². The normalized spacial score (nSPS) is 11.3. The molecule has 0 fully saturated rings. The van der Waals surface area contributed by atoms with Gasteiger partial charge in [-0.15, -0.1) is 0 Å². The van der Waals surface area contributed by atoms with E-state index in [-0.39, 0.29) is 12.2 Å². The van der Waals surface area contributed by atoms with Gasteiger partial charge in [0.05, 0.1) is 5.56 Å². The van der Waals surface area contributed by atoms with E-state index < -0.39 is 23.2 Å². The van der Waals surface area contributed by atoms with Crippen LogP contribution >= 0.6 is 0 Å². The van der Waals surface area contributed by atoms with Gasteiger partial charge in [-0.25, -0.2) is 4.98 Å². The number of benzene rings is 1. The average Bonchev–Trinajstić information content (AvgIpc) is 2.43. The molecule has 0 spiro atoms. The molecule has 2 N–H and O–H groups in total. The third-order valence-corrected chi connectivity index (χ3v) is 2.83. The molecule has 22 heavy (non-hydrogen) atoms. The molecule has 1 amide bonds. The minimum atomic E-state index is -4.39. The first kappa shape index (κ1) is 15.7. The lowest BCUT2D eigenvalue weighted by molar-refractivity contribution is -0.137. The maximum Gasteiger partial charge on any atom is 0.416 e. The van der Waals surface area contributed by atoms with Crippen LogP contribution in [0.2, 0.25) is 0 Å². The zero-order valence-electron chi connectivity index (χ0n) is 11.5. The molecule has 0 aliphatic heterocycles. The summed E-state index contributed by atoms with van der Waals surface area (Å²) >= 11 is 0. The van der Waals surface area contributed by atoms with E-state index in [0.29, 0.717) is 11.4 Å². The number of halogens is 3. The first-order valence-corrected chi connectivity index (χ1v) is 6.28. The number of carbonyl (C=O) groups is 1. The number of amides is 1. The number of nitrogens with zero attached hydrogens (tertiary/aromatic N) is 1. The molecule has 0 radical (unpaired) electrons. The number of aromatic nitrogens is 2. The predicted molar refractivity (Wildman–Crippen MR) is 72.2 cm³/mol. The molecule has 0 bridgehead atoms. The van der Waals surface area contributed by atoms with Crippen LogP contribution in [0, 0.1) is 6.92 Å². The van der Waals surface area contributed by atoms with E-state index in [1.807, 2.05) is 0 Å². The molecule has 1 heterocycles. The Hall–Kier alpha value is -2.64. The fourth-order valence-corrected chi connectivity index (χ4v) is 1.78. The highest BCUT2D eigenvalue weighted by Gasteiger charge is 2.29. The Labute approximate surface area is 123 Å². The first-order chi connectivity index (χ1) is 10.3. The molecule has 2 aromatic rings. The predicted octanol–water partition coefficient (Wildman–Crippen LogP) is 2.03. The van der Waals surface area contributed by atoms with Gasteiger partial charge in [0.25, 0.3) is 11.5 Å². The van der Waals surface area contributed by atoms with Crippen LogP contribution in [0.3, 0.4) is 0 Å². The van der Waals surface area contributed by atoms with Gasteiger partial charge in [-0.3, -0.25) is 9.59 Å². The molecule has 5 nitrogen and oxygen atoms in total. The first-order valence-electron chi connectivity index (χ1n) is 6.28. The van der Waals surface area contributed by atoms with E-state index in [4.69, 9.17) is 0 Å². The van der Waals surface area contributed by atoms with Crippen LogP contribution in [0.25, 0.3) is 0 Å². The van der Waals surface area contributed by atoms with Gasteiger partial charge < -0.3 is 10.3 Å². The molecule has 1 aromatic carbocycles. The number of alkyl halides is 3. The summed E-state index contributed by atoms with van der Waals surface area (Å²) in [5.41, 5.74) is -0.752. The summed E-state index contributed by atoms with van der Waals surface area (Å²) in [6, 6.07) is 5.49. The van der Waals surface area contributed by atoms with Gasteiger partial charge in [0, 0.05) is 12.6 Å². The zero-order valence-corrected chi connectivity index (χ0v) is 11.5. The van der Waals surface area contributed by atoms with E-state index >= 15 is 0 Å². The largest absolute Gasteiger partial charge is 0.416 e. The molecule has 0 aliphatic rings. The van der Waals surface area contributed by atoms with Gasteiger partial charge in [0.1, 0.15) is 11.5 Å². The molecular weight excluding hydrogens is 299 g/mol. The highest BCUT2D eigenvalue weighted by molar-refractivity contribution is 5.92. The van der Waals surface area contributed by atoms with E-state index in [1.54, 1.807) is 0 Å². The molecule has 0 saturated heterocycles. The number of H-pyrrole nitrogens is 1. The molecule has 0 aliphatic carbocycles. The second kappa shape index (κ2) is 6.00. The molecule has 0 unspecified atom stereocenters. The minimum absolute atomic E-state index is 0.0322. The lowest BCUT2D eigenvalue weighted by Gasteiger charge is -2.08. The van der Waals surface area contributed by atoms with Crippen LogP contribution in [0.5, 0.6) is 0 Å². The number of carbonyl (C=O) groups excluding carboxylic acids is 1. The Morgan fingerprint density at radius 1 is 1.27 bits per heavy atom. The quantitative estimate of drug-likeness (QED) is 0.911. The Kier molecular flexibility index (Phi) is 4.30. The topological polar surface area (TPSA) is 74.8 Å². The van der Waals surface area contributed by atoms with Gasteiger partial charge in [0.15, 0.2) is 0 Å². The van der Waals surface area contributed by atoms with E-state index in [0.717, 1.165) is 18.2 Å². The van der Waals surface area contributed by atoms with Crippen molar-refractivity contribution in [1.29, 1.82) is 0 Å². The summed E-state index contributed by atoms with van der Waals surface area (Å²) in [6.07, 6.45) is -4.39. The number of hydrogen-bond acceptors (Lipinski definition) is 3. The Balaban J connectivity index is 2.03. The number of nitrogens with one attached hydrogen (secondary N) is 2. The van der Waals surface area contributed by atoms with Crippen molar-refractivity contribution in [3.05, 3.63) is 63.3 Å². The van der Waals surface area contributed by atoms with Crippen molar-refractivity contribution >= 4 is 5.91 Å². The Morgan fingerprint density at radius 2 is 1.91 bits per heavy atom. The number of hydrogen-bond donors (Lipinski definition) is 2. The third kappa shape index (κ3) is 3.94. The highest BCUT2D eigenvalue weighted by Crippen LogP contribution is 2.28. The fraction of sp³-hybridized carbons (Fsp3) is 0.214. The van der Waals surface area contributed by atoms with E-state index in [2.05, 4.69) is 15.3 Å². The molecule has 116 valence electrons. The summed E-state index contributed by atoms with van der Waals surface area (Å²) in [5.74, 6) is -0.277. The van der Waals surface area contributed by atoms with Crippen LogP contribution in [0.1, 0.15) is 27.4 Å². The number of rotatable bonds is 3. The summed E-state index contributed by atoms with van der Waals surface area (Å²) in [7, 11) is 0. The van der Waals surface area contributed by atoms with Crippen molar-refractivity contribution in [3.8, 4) is 0 Å². The van der Waals surface area contributed by atoms with E-state index in [9.17, 15) is 22.8 Å². The van der Waals surface area contributed by atoms with Gasteiger partial charge in [-0.2, -0.15) is 13.2 Å². The summed E-state index contributed by atoms with van der Waals surface area (Å²) in [6.45, 7) is 1.57. The van der Waals surface area contributed by atoms with Crippen LogP contribution < -0.4 is 10.9 Å². The Morgan fingerprint density at radius 3 is 2.45 bits per heavy atom. The molecule has 0 atom stereocenters. The standard InChI is InChI=1S/C14H12F3N3O2/c1-8-19-11(6-12(21)20-8)13(22)18-7-9-2-4-10(5-3-9)14(15,16)17/h2-6H,7H2,1H3,(H,18,22)(H,19,20,21).